The van der Waals surface area contributed by atoms with Gasteiger partial charge in [0, 0.05) is 12.1 Å². The van der Waals surface area contributed by atoms with E-state index < -0.39 is 10.1 Å². The summed E-state index contributed by atoms with van der Waals surface area (Å²) >= 11 is 3.26. The van der Waals surface area contributed by atoms with E-state index in [4.69, 9.17) is 13.7 Å². The van der Waals surface area contributed by atoms with Crippen molar-refractivity contribution >= 4 is 26.0 Å². The van der Waals surface area contributed by atoms with E-state index in [1.54, 1.807) is 18.2 Å². The highest BCUT2D eigenvalue weighted by Gasteiger charge is 2.22. The molecule has 0 fully saturated rings. The number of rotatable bonds is 3. The summed E-state index contributed by atoms with van der Waals surface area (Å²) in [5, 5.41) is 0. The topological polar surface area (TPSA) is 61.8 Å². The van der Waals surface area contributed by atoms with Crippen molar-refractivity contribution in [2.45, 2.75) is 11.8 Å². The zero-order valence-corrected chi connectivity index (χ0v) is 13.4. The van der Waals surface area contributed by atoms with Gasteiger partial charge in [-0.15, -0.1) is 0 Å². The first kappa shape index (κ1) is 14.2. The Morgan fingerprint density at radius 2 is 1.71 bits per heavy atom. The summed E-state index contributed by atoms with van der Waals surface area (Å²) in [6, 6.07) is 9.54. The van der Waals surface area contributed by atoms with Crippen molar-refractivity contribution in [3.8, 4) is 17.2 Å². The lowest BCUT2D eigenvalue weighted by molar-refractivity contribution is 0.174. The Morgan fingerprint density at radius 1 is 1.10 bits per heavy atom. The Kier molecular flexibility index (Phi) is 3.54. The fraction of sp³-hybridized carbons (Fsp3) is 0.143. The van der Waals surface area contributed by atoms with Gasteiger partial charge in [0.2, 0.25) is 6.79 Å². The molecule has 1 aliphatic heterocycles. The van der Waals surface area contributed by atoms with Gasteiger partial charge in [0.1, 0.15) is 4.90 Å². The molecule has 0 aromatic heterocycles. The van der Waals surface area contributed by atoms with Gasteiger partial charge >= 0.3 is 10.1 Å². The molecule has 0 N–H and O–H groups in total. The number of aryl methyl sites for hydroxylation is 1. The van der Waals surface area contributed by atoms with E-state index in [0.29, 0.717) is 16.0 Å². The predicted octanol–water partition coefficient (Wildman–Crippen LogP) is 3.25. The second-order valence-electron chi connectivity index (χ2n) is 4.49. The van der Waals surface area contributed by atoms with Crippen molar-refractivity contribution in [2.24, 2.45) is 0 Å². The zero-order chi connectivity index (χ0) is 15.0. The molecule has 3 rings (SSSR count). The molecule has 0 radical (unpaired) electrons. The molecule has 0 spiro atoms. The van der Waals surface area contributed by atoms with Crippen LogP contribution in [0.3, 0.4) is 0 Å². The smallest absolute Gasteiger partial charge is 0.339 e. The molecule has 0 saturated carbocycles. The van der Waals surface area contributed by atoms with Crippen LogP contribution in [0.5, 0.6) is 17.2 Å². The lowest BCUT2D eigenvalue weighted by Crippen LogP contribution is -2.10. The third kappa shape index (κ3) is 2.84. The van der Waals surface area contributed by atoms with Crippen molar-refractivity contribution < 1.29 is 22.1 Å². The fourth-order valence-corrected chi connectivity index (χ4v) is 3.28. The zero-order valence-electron chi connectivity index (χ0n) is 11.0. The lowest BCUT2D eigenvalue weighted by Gasteiger charge is -2.09. The summed E-state index contributed by atoms with van der Waals surface area (Å²) in [5.41, 5.74) is 0.971. The average molecular weight is 371 g/mol. The van der Waals surface area contributed by atoms with Crippen LogP contribution in [0.25, 0.3) is 0 Å². The SMILES string of the molecule is Cc1ccc(S(=O)(=O)Oc2cc3c(cc2Br)OCO3)cc1. The minimum Gasteiger partial charge on any atom is -0.454 e. The molecule has 5 nitrogen and oxygen atoms in total. The van der Waals surface area contributed by atoms with Gasteiger partial charge in [-0.2, -0.15) is 8.42 Å². The molecule has 1 heterocycles. The Hall–Kier alpha value is -1.73. The third-order valence-electron chi connectivity index (χ3n) is 2.94. The maximum absolute atomic E-state index is 12.3. The first-order valence-electron chi connectivity index (χ1n) is 6.06. The van der Waals surface area contributed by atoms with Gasteiger partial charge in [0.15, 0.2) is 17.2 Å². The molecule has 110 valence electrons. The van der Waals surface area contributed by atoms with Gasteiger partial charge in [-0.1, -0.05) is 17.7 Å². The van der Waals surface area contributed by atoms with E-state index in [0.717, 1.165) is 5.56 Å². The second-order valence-corrected chi connectivity index (χ2v) is 6.89. The minimum atomic E-state index is -3.90. The van der Waals surface area contributed by atoms with E-state index in [9.17, 15) is 8.42 Å². The van der Waals surface area contributed by atoms with Gasteiger partial charge in [-0.05, 0) is 35.0 Å². The molecule has 21 heavy (non-hydrogen) atoms. The number of hydrogen-bond donors (Lipinski definition) is 0. The standard InChI is InChI=1S/C14H11BrO5S/c1-9-2-4-10(5-3-9)21(16,17)20-12-7-14-13(6-11(12)15)18-8-19-14/h2-7H,8H2,1H3. The molecule has 0 aliphatic carbocycles. The van der Waals surface area contributed by atoms with E-state index >= 15 is 0 Å². The van der Waals surface area contributed by atoms with Crippen LogP contribution in [0.15, 0.2) is 45.8 Å². The Labute approximate surface area is 130 Å². The van der Waals surface area contributed by atoms with Crippen molar-refractivity contribution in [3.05, 3.63) is 46.4 Å². The van der Waals surface area contributed by atoms with Crippen LogP contribution in [-0.2, 0) is 10.1 Å². The number of hydrogen-bond acceptors (Lipinski definition) is 5. The Morgan fingerprint density at radius 3 is 2.38 bits per heavy atom. The molecule has 0 amide bonds. The largest absolute Gasteiger partial charge is 0.454 e. The third-order valence-corrected chi connectivity index (χ3v) is 4.80. The predicted molar refractivity (Wildman–Crippen MR) is 79.3 cm³/mol. The molecule has 2 aromatic carbocycles. The van der Waals surface area contributed by atoms with Crippen molar-refractivity contribution in [3.63, 3.8) is 0 Å². The summed E-state index contributed by atoms with van der Waals surface area (Å²) in [6.45, 7) is 1.99. The summed E-state index contributed by atoms with van der Waals surface area (Å²) in [7, 11) is -3.90. The van der Waals surface area contributed by atoms with E-state index in [-0.39, 0.29) is 17.4 Å². The Bertz CT molecular complexity index is 784. The van der Waals surface area contributed by atoms with Crippen molar-refractivity contribution in [1.82, 2.24) is 0 Å². The molecular weight excluding hydrogens is 360 g/mol. The Balaban J connectivity index is 1.94. The molecule has 0 unspecified atom stereocenters. The molecule has 7 heteroatoms. The fourth-order valence-electron chi connectivity index (χ4n) is 1.83. The summed E-state index contributed by atoms with van der Waals surface area (Å²) in [5.74, 6) is 1.15. The van der Waals surface area contributed by atoms with Crippen LogP contribution < -0.4 is 13.7 Å². The molecular formula is C14H11BrO5S. The van der Waals surface area contributed by atoms with E-state index in [2.05, 4.69) is 15.9 Å². The van der Waals surface area contributed by atoms with Crippen LogP contribution in [-0.4, -0.2) is 15.2 Å². The van der Waals surface area contributed by atoms with Crippen LogP contribution in [0.1, 0.15) is 5.56 Å². The highest BCUT2D eigenvalue weighted by molar-refractivity contribution is 9.10. The number of benzene rings is 2. The number of fused-ring (bicyclic) bond motifs is 1. The van der Waals surface area contributed by atoms with Gasteiger partial charge < -0.3 is 13.7 Å². The summed E-state index contributed by atoms with van der Waals surface area (Å²) in [6.07, 6.45) is 0. The monoisotopic (exact) mass is 370 g/mol. The highest BCUT2D eigenvalue weighted by atomic mass is 79.9. The minimum absolute atomic E-state index is 0.0951. The summed E-state index contributed by atoms with van der Waals surface area (Å²) in [4.78, 5) is 0.0951. The van der Waals surface area contributed by atoms with E-state index in [1.165, 1.54) is 18.2 Å². The molecule has 0 atom stereocenters. The maximum atomic E-state index is 12.3. The van der Waals surface area contributed by atoms with Crippen LogP contribution >= 0.6 is 15.9 Å². The molecule has 1 aliphatic rings. The van der Waals surface area contributed by atoms with Gasteiger partial charge in [-0.25, -0.2) is 0 Å². The number of halogens is 1. The average Bonchev–Trinajstić information content (AvgIpc) is 2.86. The normalized spacial score (nSPS) is 13.2. The second kappa shape index (κ2) is 5.23. The molecule has 2 aromatic rings. The van der Waals surface area contributed by atoms with Crippen molar-refractivity contribution in [1.29, 1.82) is 0 Å². The first-order valence-corrected chi connectivity index (χ1v) is 8.26. The quantitative estimate of drug-likeness (QED) is 0.776. The van der Waals surface area contributed by atoms with Gasteiger partial charge in [0.05, 0.1) is 4.47 Å². The van der Waals surface area contributed by atoms with Crippen LogP contribution in [0.4, 0.5) is 0 Å². The van der Waals surface area contributed by atoms with Crippen LogP contribution in [0, 0.1) is 6.92 Å². The summed E-state index contributed by atoms with van der Waals surface area (Å²) < 4.78 is 40.6. The lowest BCUT2D eigenvalue weighted by atomic mass is 10.2. The van der Waals surface area contributed by atoms with Crippen molar-refractivity contribution in [2.75, 3.05) is 6.79 Å². The van der Waals surface area contributed by atoms with E-state index in [1.807, 2.05) is 6.92 Å². The van der Waals surface area contributed by atoms with Gasteiger partial charge in [-0.3, -0.25) is 0 Å². The number of ether oxygens (including phenoxy) is 2. The van der Waals surface area contributed by atoms with Crippen LogP contribution in [0.2, 0.25) is 0 Å². The first-order chi connectivity index (χ1) is 9.95. The molecule has 0 saturated heterocycles. The van der Waals surface area contributed by atoms with Gasteiger partial charge in [0.25, 0.3) is 0 Å². The molecule has 0 bridgehead atoms. The maximum Gasteiger partial charge on any atom is 0.339 e. The highest BCUT2D eigenvalue weighted by Crippen LogP contribution is 2.41.